The molecule has 2 aliphatic rings. The summed E-state index contributed by atoms with van der Waals surface area (Å²) in [6.07, 6.45) is 10.0. The molecule has 0 radical (unpaired) electrons. The first-order valence-corrected chi connectivity index (χ1v) is 6.13. The van der Waals surface area contributed by atoms with E-state index in [2.05, 4.69) is 27.8 Å². The molecule has 1 aliphatic heterocycles. The van der Waals surface area contributed by atoms with Crippen LogP contribution in [0.1, 0.15) is 12.8 Å². The van der Waals surface area contributed by atoms with Crippen molar-refractivity contribution in [1.82, 2.24) is 9.55 Å². The maximum Gasteiger partial charge on any atom is 0.136 e. The summed E-state index contributed by atoms with van der Waals surface area (Å²) in [5.74, 6) is 1.95. The van der Waals surface area contributed by atoms with Gasteiger partial charge in [-0.1, -0.05) is 18.2 Å². The second-order valence-electron chi connectivity index (χ2n) is 4.50. The first kappa shape index (κ1) is 9.71. The van der Waals surface area contributed by atoms with Crippen LogP contribution in [0.3, 0.4) is 0 Å². The highest BCUT2D eigenvalue weighted by atomic mass is 16.5. The number of ether oxygens (including phenoxy) is 1. The maximum atomic E-state index is 6.08. The number of allylic oxidation sites excluding steroid dienone is 4. The molecule has 0 unspecified atom stereocenters. The van der Waals surface area contributed by atoms with Gasteiger partial charge >= 0.3 is 0 Å². The van der Waals surface area contributed by atoms with Crippen molar-refractivity contribution in [3.8, 4) is 17.0 Å². The van der Waals surface area contributed by atoms with Crippen LogP contribution in [0.4, 0.5) is 0 Å². The highest BCUT2D eigenvalue weighted by Crippen LogP contribution is 2.38. The van der Waals surface area contributed by atoms with Gasteiger partial charge < -0.3 is 4.74 Å². The predicted molar refractivity (Wildman–Crippen MR) is 69.9 cm³/mol. The number of rotatable bonds is 0. The van der Waals surface area contributed by atoms with Gasteiger partial charge in [-0.15, -0.1) is 0 Å². The Bertz CT molecular complexity index is 679. The largest absolute Gasteiger partial charge is 0.459 e. The summed E-state index contributed by atoms with van der Waals surface area (Å²) in [5, 5.41) is 0. The molecule has 0 atom stereocenters. The zero-order valence-corrected chi connectivity index (χ0v) is 9.84. The van der Waals surface area contributed by atoms with Gasteiger partial charge in [-0.05, 0) is 24.6 Å². The van der Waals surface area contributed by atoms with Crippen LogP contribution in [0.5, 0.6) is 5.75 Å². The predicted octanol–water partition coefficient (Wildman–Crippen LogP) is 3.46. The zero-order valence-electron chi connectivity index (χ0n) is 9.84. The summed E-state index contributed by atoms with van der Waals surface area (Å²) in [6, 6.07) is 8.12. The van der Waals surface area contributed by atoms with Gasteiger partial charge in [-0.25, -0.2) is 4.98 Å². The normalized spacial score (nSPS) is 16.4. The van der Waals surface area contributed by atoms with Gasteiger partial charge in [0.15, 0.2) is 0 Å². The molecular formula is C15H12N2O. The molecular weight excluding hydrogens is 224 g/mol. The van der Waals surface area contributed by atoms with Crippen LogP contribution in [-0.2, 0) is 0 Å². The number of fused-ring (bicyclic) bond motifs is 4. The Morgan fingerprint density at radius 2 is 2.17 bits per heavy atom. The average molecular weight is 236 g/mol. The Kier molecular flexibility index (Phi) is 1.94. The van der Waals surface area contributed by atoms with E-state index in [0.717, 1.165) is 41.3 Å². The van der Waals surface area contributed by atoms with Gasteiger partial charge in [0.1, 0.15) is 11.5 Å². The fourth-order valence-electron chi connectivity index (χ4n) is 2.53. The monoisotopic (exact) mass is 236 g/mol. The summed E-state index contributed by atoms with van der Waals surface area (Å²) < 4.78 is 8.19. The van der Waals surface area contributed by atoms with Gasteiger partial charge in [0.05, 0.1) is 23.9 Å². The molecule has 0 amide bonds. The molecule has 1 aliphatic carbocycles. The lowest BCUT2D eigenvalue weighted by Gasteiger charge is -2.15. The lowest BCUT2D eigenvalue weighted by molar-refractivity contribution is 0.407. The van der Waals surface area contributed by atoms with Crippen LogP contribution in [0.25, 0.3) is 17.0 Å². The summed E-state index contributed by atoms with van der Waals surface area (Å²) >= 11 is 0. The summed E-state index contributed by atoms with van der Waals surface area (Å²) in [6.45, 7) is 0. The van der Waals surface area contributed by atoms with Crippen molar-refractivity contribution in [2.45, 2.75) is 12.8 Å². The molecule has 3 nitrogen and oxygen atoms in total. The lowest BCUT2D eigenvalue weighted by Crippen LogP contribution is -2.04. The smallest absolute Gasteiger partial charge is 0.136 e. The fourth-order valence-corrected chi connectivity index (χ4v) is 2.53. The number of benzene rings is 1. The molecule has 0 N–H and O–H groups in total. The molecule has 88 valence electrons. The van der Waals surface area contributed by atoms with Crippen molar-refractivity contribution in [2.75, 3.05) is 0 Å². The Morgan fingerprint density at radius 1 is 1.22 bits per heavy atom. The summed E-state index contributed by atoms with van der Waals surface area (Å²) in [7, 11) is 0. The maximum absolute atomic E-state index is 6.08. The highest BCUT2D eigenvalue weighted by molar-refractivity contribution is 5.76. The molecule has 0 saturated carbocycles. The van der Waals surface area contributed by atoms with Gasteiger partial charge in [0.2, 0.25) is 0 Å². The number of imidazole rings is 1. The van der Waals surface area contributed by atoms with Crippen LogP contribution >= 0.6 is 0 Å². The number of aromatic nitrogens is 2. The minimum absolute atomic E-state index is 0.916. The standard InChI is InChI=1S/C15H12N2O/c1-3-7-14-11(5-1)13-9-16-10-17(13)12-6-2-4-8-15(12)18-14/h1-3,5-7,9-10H,4,8H2. The third kappa shape index (κ3) is 1.27. The molecule has 1 aromatic heterocycles. The quantitative estimate of drug-likeness (QED) is 0.700. The Balaban J connectivity index is 2.04. The van der Waals surface area contributed by atoms with Crippen LogP contribution in [0.15, 0.2) is 54.7 Å². The molecule has 3 heteroatoms. The van der Waals surface area contributed by atoms with Gasteiger partial charge in [0.25, 0.3) is 0 Å². The molecule has 4 rings (SSSR count). The third-order valence-corrected chi connectivity index (χ3v) is 3.39. The highest BCUT2D eigenvalue weighted by Gasteiger charge is 2.22. The number of nitrogens with zero attached hydrogens (tertiary/aromatic N) is 2. The molecule has 0 spiro atoms. The van der Waals surface area contributed by atoms with E-state index in [0.29, 0.717) is 0 Å². The molecule has 0 saturated heterocycles. The van der Waals surface area contributed by atoms with Crippen LogP contribution in [0, 0.1) is 0 Å². The first-order valence-electron chi connectivity index (χ1n) is 6.13. The number of hydrogen-bond acceptors (Lipinski definition) is 2. The van der Waals surface area contributed by atoms with E-state index in [9.17, 15) is 0 Å². The van der Waals surface area contributed by atoms with E-state index in [-0.39, 0.29) is 0 Å². The SMILES string of the molecule is C1=CC2=C(CC1)Oc1ccccc1-c1cncn12. The van der Waals surface area contributed by atoms with Crippen LogP contribution < -0.4 is 4.74 Å². The molecule has 2 heterocycles. The average Bonchev–Trinajstić information content (AvgIpc) is 2.84. The van der Waals surface area contributed by atoms with Crippen molar-refractivity contribution in [3.05, 3.63) is 54.7 Å². The van der Waals surface area contributed by atoms with Crippen LogP contribution in [0.2, 0.25) is 0 Å². The molecule has 18 heavy (non-hydrogen) atoms. The number of para-hydroxylation sites is 1. The number of hydrogen-bond donors (Lipinski definition) is 0. The lowest BCUT2D eigenvalue weighted by atomic mass is 10.1. The van der Waals surface area contributed by atoms with E-state index >= 15 is 0 Å². The second kappa shape index (κ2) is 3.60. The second-order valence-corrected chi connectivity index (χ2v) is 4.50. The third-order valence-electron chi connectivity index (χ3n) is 3.39. The first-order chi connectivity index (χ1) is 8.93. The summed E-state index contributed by atoms with van der Waals surface area (Å²) in [4.78, 5) is 4.27. The van der Waals surface area contributed by atoms with Gasteiger partial charge in [0, 0.05) is 12.0 Å². The molecule has 0 bridgehead atoms. The fraction of sp³-hybridized carbons (Fsp3) is 0.133. The molecule has 1 aromatic carbocycles. The van der Waals surface area contributed by atoms with E-state index < -0.39 is 0 Å². The minimum atomic E-state index is 0.916. The summed E-state index contributed by atoms with van der Waals surface area (Å²) in [5.41, 5.74) is 3.28. The topological polar surface area (TPSA) is 27.1 Å². The van der Waals surface area contributed by atoms with Gasteiger partial charge in [-0.2, -0.15) is 0 Å². The van der Waals surface area contributed by atoms with Crippen molar-refractivity contribution < 1.29 is 4.74 Å². The Morgan fingerprint density at radius 3 is 3.17 bits per heavy atom. The van der Waals surface area contributed by atoms with Gasteiger partial charge in [-0.3, -0.25) is 4.57 Å². The molecule has 2 aromatic rings. The molecule has 0 fully saturated rings. The minimum Gasteiger partial charge on any atom is -0.459 e. The Labute approximate surface area is 105 Å². The van der Waals surface area contributed by atoms with E-state index in [1.54, 1.807) is 0 Å². The Hall–Kier alpha value is -2.29. The van der Waals surface area contributed by atoms with Crippen molar-refractivity contribution in [3.63, 3.8) is 0 Å². The van der Waals surface area contributed by atoms with Crippen molar-refractivity contribution >= 4 is 5.70 Å². The van der Waals surface area contributed by atoms with Crippen molar-refractivity contribution in [2.24, 2.45) is 0 Å². The van der Waals surface area contributed by atoms with E-state index in [1.807, 2.05) is 30.7 Å². The van der Waals surface area contributed by atoms with Crippen molar-refractivity contribution in [1.29, 1.82) is 0 Å². The van der Waals surface area contributed by atoms with Crippen LogP contribution in [-0.4, -0.2) is 9.55 Å². The van der Waals surface area contributed by atoms with E-state index in [4.69, 9.17) is 4.74 Å². The zero-order chi connectivity index (χ0) is 11.9. The van der Waals surface area contributed by atoms with E-state index in [1.165, 1.54) is 0 Å².